The van der Waals surface area contributed by atoms with Crippen molar-refractivity contribution in [3.8, 4) is 0 Å². The van der Waals surface area contributed by atoms with Crippen LogP contribution in [0.25, 0.3) is 0 Å². The van der Waals surface area contributed by atoms with Crippen molar-refractivity contribution in [2.24, 2.45) is 0 Å². The molecule has 2 heterocycles. The van der Waals surface area contributed by atoms with Crippen LogP contribution < -0.4 is 5.32 Å². The lowest BCUT2D eigenvalue weighted by Crippen LogP contribution is -2.54. The molecule has 1 aromatic rings. The minimum Gasteiger partial charge on any atom is -0.295 e. The number of carbonyl (C=O) groups is 4. The van der Waals surface area contributed by atoms with Gasteiger partial charge in [0, 0.05) is 6.42 Å². The fourth-order valence-corrected chi connectivity index (χ4v) is 3.46. The number of benzene rings is 1. The van der Waals surface area contributed by atoms with Gasteiger partial charge in [0.2, 0.25) is 11.8 Å². The molecule has 1 atom stereocenters. The van der Waals surface area contributed by atoms with Crippen molar-refractivity contribution in [2.45, 2.75) is 51.5 Å². The average molecular weight is 341 g/mol. The molecule has 4 amide bonds. The molecule has 0 aromatic heterocycles. The maximum atomic E-state index is 12.9. The van der Waals surface area contributed by atoms with Gasteiger partial charge in [0.05, 0.1) is 11.1 Å². The second kappa shape index (κ2) is 7.17. The lowest BCUT2D eigenvalue weighted by Gasteiger charge is -2.27. The first-order valence-electron chi connectivity index (χ1n) is 8.66. The second-order valence-corrected chi connectivity index (χ2v) is 6.44. The van der Waals surface area contributed by atoms with Crippen LogP contribution in [-0.4, -0.2) is 34.6 Å². The van der Waals surface area contributed by atoms with Crippen molar-refractivity contribution >= 4 is 23.6 Å². The quantitative estimate of drug-likeness (QED) is 0.634. The molecule has 1 radical (unpaired) electrons. The Kier molecular flexibility index (Phi) is 4.97. The fraction of sp³-hybridized carbons (Fsp3) is 0.421. The molecule has 6 heteroatoms. The third-order valence-electron chi connectivity index (χ3n) is 4.74. The van der Waals surface area contributed by atoms with Crippen LogP contribution in [0.2, 0.25) is 0 Å². The Labute approximate surface area is 146 Å². The SMILES string of the molecule is C[CH]CCCCc1cccc2c1C(=O)N(C1CCC(=O)NC1=O)C2=O. The number of imide groups is 2. The maximum Gasteiger partial charge on any atom is 0.262 e. The topological polar surface area (TPSA) is 83.6 Å². The highest BCUT2D eigenvalue weighted by Gasteiger charge is 2.45. The van der Waals surface area contributed by atoms with Crippen molar-refractivity contribution in [3.63, 3.8) is 0 Å². The van der Waals surface area contributed by atoms with Gasteiger partial charge in [0.25, 0.3) is 11.8 Å². The summed E-state index contributed by atoms with van der Waals surface area (Å²) >= 11 is 0. The van der Waals surface area contributed by atoms with Gasteiger partial charge in [-0.05, 0) is 37.3 Å². The van der Waals surface area contributed by atoms with E-state index in [4.69, 9.17) is 0 Å². The summed E-state index contributed by atoms with van der Waals surface area (Å²) in [5, 5.41) is 2.21. The van der Waals surface area contributed by atoms with Gasteiger partial charge >= 0.3 is 0 Å². The molecule has 1 unspecified atom stereocenters. The summed E-state index contributed by atoms with van der Waals surface area (Å²) < 4.78 is 0. The molecule has 0 aliphatic carbocycles. The van der Waals surface area contributed by atoms with Gasteiger partial charge in [0.1, 0.15) is 6.04 Å². The Balaban J connectivity index is 1.84. The van der Waals surface area contributed by atoms with Crippen molar-refractivity contribution in [1.82, 2.24) is 10.2 Å². The van der Waals surface area contributed by atoms with Crippen molar-refractivity contribution in [1.29, 1.82) is 0 Å². The highest BCUT2D eigenvalue weighted by Crippen LogP contribution is 2.30. The fourth-order valence-electron chi connectivity index (χ4n) is 3.46. The van der Waals surface area contributed by atoms with Crippen LogP contribution in [0.5, 0.6) is 0 Å². The summed E-state index contributed by atoms with van der Waals surface area (Å²) in [6.45, 7) is 2.01. The number of unbranched alkanes of at least 4 members (excludes halogenated alkanes) is 3. The van der Waals surface area contributed by atoms with Gasteiger partial charge in [-0.25, -0.2) is 0 Å². The first-order chi connectivity index (χ1) is 12.0. The molecule has 25 heavy (non-hydrogen) atoms. The van der Waals surface area contributed by atoms with Gasteiger partial charge in [-0.15, -0.1) is 0 Å². The molecule has 6 nitrogen and oxygen atoms in total. The summed E-state index contributed by atoms with van der Waals surface area (Å²) in [7, 11) is 0. The smallest absolute Gasteiger partial charge is 0.262 e. The summed E-state index contributed by atoms with van der Waals surface area (Å²) in [6.07, 6.45) is 6.11. The van der Waals surface area contributed by atoms with Crippen LogP contribution in [0, 0.1) is 6.42 Å². The van der Waals surface area contributed by atoms with E-state index in [1.54, 1.807) is 12.1 Å². The van der Waals surface area contributed by atoms with Crippen LogP contribution in [0.3, 0.4) is 0 Å². The number of hydrogen-bond acceptors (Lipinski definition) is 4. The average Bonchev–Trinajstić information content (AvgIpc) is 2.84. The van der Waals surface area contributed by atoms with E-state index >= 15 is 0 Å². The van der Waals surface area contributed by atoms with E-state index in [1.807, 2.05) is 13.0 Å². The van der Waals surface area contributed by atoms with E-state index in [9.17, 15) is 19.2 Å². The molecule has 2 aliphatic heterocycles. The van der Waals surface area contributed by atoms with Crippen LogP contribution in [0.1, 0.15) is 65.3 Å². The van der Waals surface area contributed by atoms with E-state index in [0.29, 0.717) is 11.1 Å². The zero-order valence-electron chi connectivity index (χ0n) is 14.2. The number of amides is 4. The molecule has 0 saturated carbocycles. The number of piperidine rings is 1. The van der Waals surface area contributed by atoms with E-state index in [1.165, 1.54) is 0 Å². The van der Waals surface area contributed by atoms with Crippen molar-refractivity contribution in [3.05, 3.63) is 41.3 Å². The summed E-state index contributed by atoms with van der Waals surface area (Å²) in [5.74, 6) is -1.82. The predicted octanol–water partition coefficient (Wildman–Crippen LogP) is 2.02. The zero-order chi connectivity index (χ0) is 18.0. The van der Waals surface area contributed by atoms with Gasteiger partial charge in [-0.2, -0.15) is 0 Å². The predicted molar refractivity (Wildman–Crippen MR) is 90.6 cm³/mol. The Morgan fingerprint density at radius 1 is 1.16 bits per heavy atom. The zero-order valence-corrected chi connectivity index (χ0v) is 14.2. The van der Waals surface area contributed by atoms with E-state index in [0.717, 1.165) is 36.1 Å². The highest BCUT2D eigenvalue weighted by molar-refractivity contribution is 6.24. The molecule has 1 saturated heterocycles. The number of rotatable bonds is 6. The Morgan fingerprint density at radius 2 is 1.96 bits per heavy atom. The number of hydrogen-bond donors (Lipinski definition) is 1. The Bertz CT molecular complexity index is 741. The molecule has 2 aliphatic rings. The standard InChI is InChI=1S/C19H21N2O4/c1-2-3-4-5-7-12-8-6-9-13-16(12)19(25)21(18(13)24)14-10-11-15(22)20-17(14)23/h2,6,8-9,14H,3-5,7,10-11H2,1H3,(H,20,22,23). The number of nitrogens with zero attached hydrogens (tertiary/aromatic N) is 1. The minimum atomic E-state index is -0.910. The highest BCUT2D eigenvalue weighted by atomic mass is 16.2. The summed E-state index contributed by atoms with van der Waals surface area (Å²) in [4.78, 5) is 50.0. The van der Waals surface area contributed by atoms with E-state index in [-0.39, 0.29) is 18.7 Å². The molecule has 0 spiro atoms. The number of fused-ring (bicyclic) bond motifs is 1. The minimum absolute atomic E-state index is 0.129. The summed E-state index contributed by atoms with van der Waals surface area (Å²) in [6, 6.07) is 4.37. The van der Waals surface area contributed by atoms with Crippen LogP contribution in [0.15, 0.2) is 18.2 Å². The molecular weight excluding hydrogens is 320 g/mol. The number of aryl methyl sites for hydroxylation is 1. The van der Waals surface area contributed by atoms with Gasteiger partial charge < -0.3 is 0 Å². The Morgan fingerprint density at radius 3 is 2.68 bits per heavy atom. The van der Waals surface area contributed by atoms with E-state index < -0.39 is 23.8 Å². The van der Waals surface area contributed by atoms with E-state index in [2.05, 4.69) is 11.7 Å². The normalized spacial score (nSPS) is 20.0. The van der Waals surface area contributed by atoms with Gasteiger partial charge in [-0.1, -0.05) is 31.9 Å². The molecule has 0 bridgehead atoms. The van der Waals surface area contributed by atoms with Crippen molar-refractivity contribution in [2.75, 3.05) is 0 Å². The molecule has 1 aromatic carbocycles. The van der Waals surface area contributed by atoms with Crippen LogP contribution >= 0.6 is 0 Å². The third kappa shape index (κ3) is 3.21. The monoisotopic (exact) mass is 341 g/mol. The second-order valence-electron chi connectivity index (χ2n) is 6.44. The first kappa shape index (κ1) is 17.3. The molecule has 1 N–H and O–H groups in total. The van der Waals surface area contributed by atoms with Crippen LogP contribution in [-0.2, 0) is 16.0 Å². The lowest BCUT2D eigenvalue weighted by molar-refractivity contribution is -0.136. The third-order valence-corrected chi connectivity index (χ3v) is 4.74. The Hall–Kier alpha value is -2.50. The van der Waals surface area contributed by atoms with Gasteiger partial charge in [-0.3, -0.25) is 29.4 Å². The number of nitrogens with one attached hydrogen (secondary N) is 1. The molecule has 1 fully saturated rings. The van der Waals surface area contributed by atoms with Gasteiger partial charge in [0.15, 0.2) is 0 Å². The maximum absolute atomic E-state index is 12.9. The molecule has 131 valence electrons. The first-order valence-corrected chi connectivity index (χ1v) is 8.66. The van der Waals surface area contributed by atoms with Crippen LogP contribution in [0.4, 0.5) is 0 Å². The van der Waals surface area contributed by atoms with Crippen molar-refractivity contribution < 1.29 is 19.2 Å². The molecule has 3 rings (SSSR count). The largest absolute Gasteiger partial charge is 0.295 e. The summed E-state index contributed by atoms with van der Waals surface area (Å²) in [5.41, 5.74) is 1.62. The number of carbonyl (C=O) groups excluding carboxylic acids is 4. The lowest BCUT2D eigenvalue weighted by atomic mass is 9.98. The molecular formula is C19H21N2O4.